The number of rotatable bonds is 9. The number of aliphatic hydroxyl groups excluding tert-OH is 1. The first-order chi connectivity index (χ1) is 16.9. The summed E-state index contributed by atoms with van der Waals surface area (Å²) in [6.07, 6.45) is 2.57. The molecule has 0 spiro atoms. The highest BCUT2D eigenvalue weighted by Crippen LogP contribution is 2.40. The molecule has 2 N–H and O–H groups in total. The van der Waals surface area contributed by atoms with Gasteiger partial charge in [-0.1, -0.05) is 19.4 Å². The zero-order valence-corrected chi connectivity index (χ0v) is 20.2. The van der Waals surface area contributed by atoms with E-state index in [0.29, 0.717) is 61.5 Å². The molecule has 1 amide bonds. The molecule has 0 unspecified atom stereocenters. The molecular weight excluding hydrogens is 453 g/mol. The molecule has 0 radical (unpaired) electrons. The van der Waals surface area contributed by atoms with E-state index in [9.17, 15) is 19.1 Å². The Morgan fingerprint density at radius 1 is 1.23 bits per heavy atom. The third-order valence-electron chi connectivity index (χ3n) is 6.58. The number of hydrogen-bond donors (Lipinski definition) is 2. The second kappa shape index (κ2) is 11.2. The van der Waals surface area contributed by atoms with Gasteiger partial charge in [-0.15, -0.1) is 0 Å². The number of nitrogens with one attached hydrogen (secondary N) is 1. The number of carbonyl (C=O) groups is 2. The quantitative estimate of drug-likeness (QED) is 0.527. The largest absolute Gasteiger partial charge is 0.495 e. The minimum atomic E-state index is -0.780. The van der Waals surface area contributed by atoms with Crippen LogP contribution in [0.3, 0.4) is 0 Å². The number of benzene rings is 2. The minimum absolute atomic E-state index is 0.105. The van der Waals surface area contributed by atoms with Crippen LogP contribution < -0.4 is 14.8 Å². The molecule has 7 nitrogen and oxygen atoms in total. The summed E-state index contributed by atoms with van der Waals surface area (Å²) in [5.74, 6) is 0.00290. The first-order valence-electron chi connectivity index (χ1n) is 12.2. The van der Waals surface area contributed by atoms with Gasteiger partial charge in [0.05, 0.1) is 43.6 Å². The zero-order chi connectivity index (χ0) is 24.9. The highest BCUT2D eigenvalue weighted by molar-refractivity contribution is 5.98. The van der Waals surface area contributed by atoms with E-state index in [4.69, 9.17) is 14.2 Å². The van der Waals surface area contributed by atoms with Crippen LogP contribution in [0, 0.1) is 5.82 Å². The Morgan fingerprint density at radius 3 is 2.77 bits per heavy atom. The monoisotopic (exact) mass is 485 g/mol. The fourth-order valence-corrected chi connectivity index (χ4v) is 4.68. The maximum atomic E-state index is 14.8. The number of Topliss-reactive ketones (excluding diaryl/α,β-unsaturated/α-hetero) is 1. The normalized spacial score (nSPS) is 19.1. The van der Waals surface area contributed by atoms with Gasteiger partial charge in [-0.2, -0.15) is 0 Å². The topological polar surface area (TPSA) is 94.1 Å². The molecule has 1 saturated heterocycles. The van der Waals surface area contributed by atoms with Crippen molar-refractivity contribution in [3.05, 3.63) is 57.9 Å². The lowest BCUT2D eigenvalue weighted by Gasteiger charge is -2.28. The second-order valence-electron chi connectivity index (χ2n) is 9.05. The van der Waals surface area contributed by atoms with Crippen molar-refractivity contribution >= 4 is 11.7 Å². The molecule has 2 aromatic rings. The molecule has 0 aliphatic carbocycles. The van der Waals surface area contributed by atoms with Crippen molar-refractivity contribution in [1.29, 1.82) is 0 Å². The summed E-state index contributed by atoms with van der Waals surface area (Å²) < 4.78 is 31.5. The van der Waals surface area contributed by atoms with Gasteiger partial charge in [0, 0.05) is 31.4 Å². The van der Waals surface area contributed by atoms with Crippen molar-refractivity contribution in [2.75, 3.05) is 26.9 Å². The van der Waals surface area contributed by atoms with E-state index < -0.39 is 18.0 Å². The number of hydrogen-bond acceptors (Lipinski definition) is 6. The predicted molar refractivity (Wildman–Crippen MR) is 128 cm³/mol. The van der Waals surface area contributed by atoms with Gasteiger partial charge in [0.25, 0.3) is 5.91 Å². The van der Waals surface area contributed by atoms with Gasteiger partial charge < -0.3 is 24.6 Å². The summed E-state index contributed by atoms with van der Waals surface area (Å²) in [6, 6.07) is 5.95. The fraction of sp³-hybridized carbons (Fsp3) is 0.481. The number of carbonyl (C=O) groups excluding carboxylic acids is 2. The minimum Gasteiger partial charge on any atom is -0.495 e. The summed E-state index contributed by atoms with van der Waals surface area (Å²) in [4.78, 5) is 25.5. The molecule has 2 atom stereocenters. The van der Waals surface area contributed by atoms with Crippen LogP contribution in [-0.4, -0.2) is 55.9 Å². The highest BCUT2D eigenvalue weighted by Gasteiger charge is 2.30. The van der Waals surface area contributed by atoms with Crippen molar-refractivity contribution in [2.24, 2.45) is 0 Å². The fourth-order valence-electron chi connectivity index (χ4n) is 4.68. The van der Waals surface area contributed by atoms with E-state index in [1.165, 1.54) is 19.2 Å². The summed E-state index contributed by atoms with van der Waals surface area (Å²) >= 11 is 0. The molecule has 0 aromatic heterocycles. The zero-order valence-electron chi connectivity index (χ0n) is 20.2. The SMILES string of the molecule is CCCCC(=O)c1ccc(Cc2cc(C(=O)N[C@H]3CCOC[C@@H]3O)c(OC)c3c2OCC3)cc1F. The first-order valence-corrected chi connectivity index (χ1v) is 12.2. The van der Waals surface area contributed by atoms with Crippen molar-refractivity contribution in [3.63, 3.8) is 0 Å². The standard InChI is InChI=1S/C27H32FNO6/c1-3-4-5-23(30)18-7-6-16(13-21(18)28)12-17-14-20(26(33-2)19-8-11-35-25(17)19)27(32)29-22-9-10-34-15-24(22)31/h6-7,13-14,22,24,31H,3-5,8-12,15H2,1-2H3,(H,29,32)/t22-,24-/m0/s1. The third-order valence-corrected chi connectivity index (χ3v) is 6.58. The summed E-state index contributed by atoms with van der Waals surface area (Å²) in [6.45, 7) is 3.09. The van der Waals surface area contributed by atoms with Crippen LogP contribution in [0.4, 0.5) is 4.39 Å². The number of ether oxygens (including phenoxy) is 3. The van der Waals surface area contributed by atoms with Gasteiger partial charge in [0.1, 0.15) is 17.3 Å². The Morgan fingerprint density at radius 2 is 2.06 bits per heavy atom. The molecular formula is C27H32FNO6. The van der Waals surface area contributed by atoms with Crippen LogP contribution >= 0.6 is 0 Å². The molecule has 188 valence electrons. The van der Waals surface area contributed by atoms with E-state index in [1.807, 2.05) is 6.92 Å². The smallest absolute Gasteiger partial charge is 0.255 e. The Labute approximate surface area is 204 Å². The van der Waals surface area contributed by atoms with E-state index in [1.54, 1.807) is 12.1 Å². The van der Waals surface area contributed by atoms with Gasteiger partial charge in [-0.3, -0.25) is 9.59 Å². The Bertz CT molecular complexity index is 1100. The van der Waals surface area contributed by atoms with Crippen molar-refractivity contribution < 1.29 is 33.3 Å². The van der Waals surface area contributed by atoms with Crippen LogP contribution in [0.2, 0.25) is 0 Å². The van der Waals surface area contributed by atoms with Crippen LogP contribution in [-0.2, 0) is 17.6 Å². The molecule has 0 saturated carbocycles. The third kappa shape index (κ3) is 5.49. The van der Waals surface area contributed by atoms with E-state index in [0.717, 1.165) is 24.0 Å². The van der Waals surface area contributed by atoms with Gasteiger partial charge >= 0.3 is 0 Å². The van der Waals surface area contributed by atoms with Gasteiger partial charge in [-0.05, 0) is 42.2 Å². The molecule has 2 aliphatic heterocycles. The summed E-state index contributed by atoms with van der Waals surface area (Å²) in [5.41, 5.74) is 2.66. The molecule has 2 aliphatic rings. The maximum Gasteiger partial charge on any atom is 0.255 e. The van der Waals surface area contributed by atoms with Gasteiger partial charge in [-0.25, -0.2) is 4.39 Å². The van der Waals surface area contributed by atoms with Crippen LogP contribution in [0.25, 0.3) is 0 Å². The molecule has 2 aromatic carbocycles. The first kappa shape index (κ1) is 25.1. The lowest BCUT2D eigenvalue weighted by Crippen LogP contribution is -2.48. The number of methoxy groups -OCH3 is 1. The van der Waals surface area contributed by atoms with Crippen molar-refractivity contribution in [1.82, 2.24) is 5.32 Å². The number of amides is 1. The van der Waals surface area contributed by atoms with Crippen LogP contribution in [0.15, 0.2) is 24.3 Å². The second-order valence-corrected chi connectivity index (χ2v) is 9.05. The van der Waals surface area contributed by atoms with Gasteiger partial charge in [0.2, 0.25) is 0 Å². The molecule has 2 heterocycles. The van der Waals surface area contributed by atoms with Gasteiger partial charge in [0.15, 0.2) is 5.78 Å². The summed E-state index contributed by atoms with van der Waals surface area (Å²) in [7, 11) is 1.51. The Balaban J connectivity index is 1.62. The molecule has 0 bridgehead atoms. The highest BCUT2D eigenvalue weighted by atomic mass is 19.1. The number of aliphatic hydroxyl groups is 1. The number of unbranched alkanes of at least 4 members (excludes halogenated alkanes) is 1. The average Bonchev–Trinajstić information content (AvgIpc) is 3.34. The average molecular weight is 486 g/mol. The predicted octanol–water partition coefficient (Wildman–Crippen LogP) is 3.61. The van der Waals surface area contributed by atoms with E-state index in [2.05, 4.69) is 5.32 Å². The molecule has 4 rings (SSSR count). The van der Waals surface area contributed by atoms with Crippen molar-refractivity contribution in [2.45, 2.75) is 57.6 Å². The molecule has 1 fully saturated rings. The molecule has 8 heteroatoms. The number of ketones is 1. The van der Waals surface area contributed by atoms with Crippen LogP contribution in [0.1, 0.15) is 70.0 Å². The summed E-state index contributed by atoms with van der Waals surface area (Å²) in [5, 5.41) is 13.1. The number of fused-ring (bicyclic) bond motifs is 1. The van der Waals surface area contributed by atoms with Crippen LogP contribution in [0.5, 0.6) is 11.5 Å². The lowest BCUT2D eigenvalue weighted by molar-refractivity contribution is -0.0261. The maximum absolute atomic E-state index is 14.8. The molecule has 35 heavy (non-hydrogen) atoms. The lowest BCUT2D eigenvalue weighted by atomic mass is 9.95. The van der Waals surface area contributed by atoms with Crippen molar-refractivity contribution in [3.8, 4) is 11.5 Å². The Kier molecular flexibility index (Phi) is 8.03. The van der Waals surface area contributed by atoms with E-state index in [-0.39, 0.29) is 23.9 Å². The Hall–Kier alpha value is -2.97. The van der Waals surface area contributed by atoms with E-state index >= 15 is 0 Å². The number of halogens is 1.